The van der Waals surface area contributed by atoms with E-state index in [2.05, 4.69) is 10.1 Å². The number of rotatable bonds is 3. The summed E-state index contributed by atoms with van der Waals surface area (Å²) < 4.78 is 85.9. The van der Waals surface area contributed by atoms with Gasteiger partial charge in [0, 0.05) is 18.3 Å². The van der Waals surface area contributed by atoms with Crippen LogP contribution in [0.3, 0.4) is 0 Å². The van der Waals surface area contributed by atoms with Gasteiger partial charge in [-0.25, -0.2) is 27.3 Å². The van der Waals surface area contributed by atoms with Crippen molar-refractivity contribution in [2.45, 2.75) is 24.2 Å². The second kappa shape index (κ2) is 4.98. The van der Waals surface area contributed by atoms with Gasteiger partial charge in [0.1, 0.15) is 5.56 Å². The van der Waals surface area contributed by atoms with Crippen molar-refractivity contribution in [3.63, 3.8) is 0 Å². The zero-order valence-corrected chi connectivity index (χ0v) is 9.89. The summed E-state index contributed by atoms with van der Waals surface area (Å²) in [7, 11) is -4.90. The molecule has 19 heavy (non-hydrogen) atoms. The van der Waals surface area contributed by atoms with Gasteiger partial charge in [0.15, 0.2) is 5.03 Å². The first-order valence-corrected chi connectivity index (χ1v) is 6.14. The van der Waals surface area contributed by atoms with Crippen molar-refractivity contribution in [2.75, 3.05) is 0 Å². The van der Waals surface area contributed by atoms with E-state index < -0.39 is 50.9 Å². The molecule has 0 unspecified atom stereocenters. The summed E-state index contributed by atoms with van der Waals surface area (Å²) in [5, 5.41) is 2.90. The third-order valence-corrected chi connectivity index (χ3v) is 3.01. The van der Waals surface area contributed by atoms with Crippen LogP contribution >= 0.6 is 0 Å². The van der Waals surface area contributed by atoms with E-state index in [1.165, 1.54) is 0 Å². The molecule has 108 valence electrons. The van der Waals surface area contributed by atoms with E-state index in [-0.39, 0.29) is 0 Å². The second-order valence-corrected chi connectivity index (χ2v) is 4.90. The summed E-state index contributed by atoms with van der Waals surface area (Å²) in [5.41, 5.74) is 0.841. The summed E-state index contributed by atoms with van der Waals surface area (Å²) in [6.45, 7) is -0.652. The third-order valence-electron chi connectivity index (χ3n) is 2.16. The predicted octanol–water partition coefficient (Wildman–Crippen LogP) is 1.14. The van der Waals surface area contributed by atoms with E-state index in [0.717, 1.165) is 0 Å². The minimum atomic E-state index is -5.36. The standard InChI is InChI=1S/C8H8F5N3O2S/c9-6(10)4-3(1-14)2-16-7(19(15,17)18)5(4)8(11,12)13/h2,6H,1,14H2,(H2,15,17,18). The molecule has 0 saturated carbocycles. The van der Waals surface area contributed by atoms with Crippen LogP contribution in [0.1, 0.15) is 23.1 Å². The number of aromatic nitrogens is 1. The van der Waals surface area contributed by atoms with Crippen LogP contribution in [0.25, 0.3) is 0 Å². The fourth-order valence-corrected chi connectivity index (χ4v) is 2.16. The van der Waals surface area contributed by atoms with Gasteiger partial charge in [-0.3, -0.25) is 0 Å². The van der Waals surface area contributed by atoms with Crippen LogP contribution in [-0.2, 0) is 22.7 Å². The number of sulfonamides is 1. The van der Waals surface area contributed by atoms with Gasteiger partial charge < -0.3 is 5.73 Å². The Balaban J connectivity index is 3.86. The normalized spacial score (nSPS) is 13.1. The molecule has 1 aromatic rings. The molecular formula is C8H8F5N3O2S. The lowest BCUT2D eigenvalue weighted by Gasteiger charge is -2.17. The fourth-order valence-electron chi connectivity index (χ4n) is 1.45. The van der Waals surface area contributed by atoms with Crippen molar-refractivity contribution in [2.24, 2.45) is 10.9 Å². The van der Waals surface area contributed by atoms with Gasteiger partial charge in [0.25, 0.3) is 16.4 Å². The first-order chi connectivity index (χ1) is 8.50. The first-order valence-electron chi connectivity index (χ1n) is 4.60. The number of primary sulfonamides is 1. The maximum Gasteiger partial charge on any atom is 0.419 e. The van der Waals surface area contributed by atoms with Crippen molar-refractivity contribution in [3.05, 3.63) is 22.9 Å². The zero-order chi connectivity index (χ0) is 15.0. The molecule has 0 aliphatic carbocycles. The van der Waals surface area contributed by atoms with Gasteiger partial charge in [-0.15, -0.1) is 0 Å². The van der Waals surface area contributed by atoms with E-state index in [0.29, 0.717) is 6.20 Å². The highest BCUT2D eigenvalue weighted by atomic mass is 32.2. The van der Waals surface area contributed by atoms with Crippen LogP contribution in [0, 0.1) is 0 Å². The highest BCUT2D eigenvalue weighted by Crippen LogP contribution is 2.40. The monoisotopic (exact) mass is 305 g/mol. The molecule has 0 atom stereocenters. The van der Waals surface area contributed by atoms with Crippen molar-refractivity contribution in [1.29, 1.82) is 0 Å². The largest absolute Gasteiger partial charge is 0.419 e. The Bertz CT molecular complexity index is 585. The molecule has 0 fully saturated rings. The molecule has 0 radical (unpaired) electrons. The molecule has 0 aliphatic heterocycles. The molecule has 0 aliphatic rings. The Labute approximate surface area is 104 Å². The maximum absolute atomic E-state index is 12.8. The van der Waals surface area contributed by atoms with Crippen LogP contribution in [0.4, 0.5) is 22.0 Å². The van der Waals surface area contributed by atoms with E-state index >= 15 is 0 Å². The molecule has 4 N–H and O–H groups in total. The highest BCUT2D eigenvalue weighted by molar-refractivity contribution is 7.89. The van der Waals surface area contributed by atoms with E-state index in [1.54, 1.807) is 0 Å². The minimum Gasteiger partial charge on any atom is -0.326 e. The van der Waals surface area contributed by atoms with Crippen LogP contribution in [0.5, 0.6) is 0 Å². The summed E-state index contributed by atoms with van der Waals surface area (Å²) in [6.07, 6.45) is -8.39. The van der Waals surface area contributed by atoms with Gasteiger partial charge >= 0.3 is 6.18 Å². The first kappa shape index (κ1) is 15.7. The average molecular weight is 305 g/mol. The Morgan fingerprint density at radius 3 is 2.16 bits per heavy atom. The molecule has 0 amide bonds. The zero-order valence-electron chi connectivity index (χ0n) is 9.08. The van der Waals surface area contributed by atoms with Crippen LogP contribution in [0.2, 0.25) is 0 Å². The van der Waals surface area contributed by atoms with Gasteiger partial charge in [0.05, 0.1) is 0 Å². The third kappa shape index (κ3) is 3.16. The molecule has 11 heteroatoms. The fraction of sp³-hybridized carbons (Fsp3) is 0.375. The molecule has 1 heterocycles. The number of alkyl halides is 5. The van der Waals surface area contributed by atoms with Gasteiger partial charge in [-0.2, -0.15) is 13.2 Å². The SMILES string of the molecule is NCc1cnc(S(N)(=O)=O)c(C(F)(F)F)c1C(F)F. The maximum atomic E-state index is 12.8. The molecule has 1 aromatic heterocycles. The Morgan fingerprint density at radius 1 is 1.32 bits per heavy atom. The van der Waals surface area contributed by atoms with Crippen LogP contribution in [-0.4, -0.2) is 13.4 Å². The highest BCUT2D eigenvalue weighted by Gasteiger charge is 2.43. The Hall–Kier alpha value is -1.33. The molecule has 1 rings (SSSR count). The molecule has 0 spiro atoms. The number of nitrogens with two attached hydrogens (primary N) is 2. The van der Waals surface area contributed by atoms with Crippen molar-refractivity contribution >= 4 is 10.0 Å². The number of hydrogen-bond acceptors (Lipinski definition) is 4. The van der Waals surface area contributed by atoms with Gasteiger partial charge in [-0.05, 0) is 5.56 Å². The van der Waals surface area contributed by atoms with E-state index in [4.69, 9.17) is 5.73 Å². The number of hydrogen-bond donors (Lipinski definition) is 2. The molecule has 0 bridgehead atoms. The van der Waals surface area contributed by atoms with E-state index in [1.807, 2.05) is 0 Å². The average Bonchev–Trinajstić information content (AvgIpc) is 2.24. The molecule has 0 saturated heterocycles. The van der Waals surface area contributed by atoms with Crippen molar-refractivity contribution < 1.29 is 30.4 Å². The van der Waals surface area contributed by atoms with Crippen LogP contribution in [0.15, 0.2) is 11.2 Å². The minimum absolute atomic E-state index is 0.538. The summed E-state index contributed by atoms with van der Waals surface area (Å²) in [4.78, 5) is 2.98. The Kier molecular flexibility index (Phi) is 4.12. The Morgan fingerprint density at radius 2 is 1.84 bits per heavy atom. The smallest absolute Gasteiger partial charge is 0.326 e. The van der Waals surface area contributed by atoms with Gasteiger partial charge in [-0.1, -0.05) is 0 Å². The lowest BCUT2D eigenvalue weighted by molar-refractivity contribution is -0.142. The topological polar surface area (TPSA) is 99.1 Å². The second-order valence-electron chi connectivity index (χ2n) is 3.42. The molecule has 5 nitrogen and oxygen atoms in total. The summed E-state index contributed by atoms with van der Waals surface area (Å²) >= 11 is 0. The number of halogens is 5. The lowest BCUT2D eigenvalue weighted by Crippen LogP contribution is -2.24. The van der Waals surface area contributed by atoms with Crippen molar-refractivity contribution in [3.8, 4) is 0 Å². The van der Waals surface area contributed by atoms with Crippen molar-refractivity contribution in [1.82, 2.24) is 4.98 Å². The summed E-state index contributed by atoms with van der Waals surface area (Å²) in [6, 6.07) is 0. The molecular weight excluding hydrogens is 297 g/mol. The predicted molar refractivity (Wildman–Crippen MR) is 53.5 cm³/mol. The molecule has 0 aromatic carbocycles. The summed E-state index contributed by atoms with van der Waals surface area (Å²) in [5.74, 6) is 0. The number of pyridine rings is 1. The number of nitrogens with zero attached hydrogens (tertiary/aromatic N) is 1. The van der Waals surface area contributed by atoms with Gasteiger partial charge in [0.2, 0.25) is 0 Å². The quantitative estimate of drug-likeness (QED) is 0.818. The van der Waals surface area contributed by atoms with E-state index in [9.17, 15) is 30.4 Å². The van der Waals surface area contributed by atoms with Crippen LogP contribution < -0.4 is 10.9 Å². The lowest BCUT2D eigenvalue weighted by atomic mass is 10.0.